The summed E-state index contributed by atoms with van der Waals surface area (Å²) in [6, 6.07) is 0.547. The summed E-state index contributed by atoms with van der Waals surface area (Å²) in [5, 5.41) is 10.8. The van der Waals surface area contributed by atoms with Crippen molar-refractivity contribution in [1.82, 2.24) is 5.32 Å². The third-order valence-corrected chi connectivity index (χ3v) is 1.43. The average molecular weight is 214 g/mol. The number of esters is 2. The number of nitriles is 1. The van der Waals surface area contributed by atoms with E-state index in [2.05, 4.69) is 14.8 Å². The van der Waals surface area contributed by atoms with E-state index in [0.29, 0.717) is 0 Å². The monoisotopic (exact) mass is 214 g/mol. The summed E-state index contributed by atoms with van der Waals surface area (Å²) in [4.78, 5) is 22.5. The Labute approximate surface area is 88.2 Å². The highest BCUT2D eigenvalue weighted by Gasteiger charge is 2.28. The maximum Gasteiger partial charge on any atom is 0.334 e. The number of carbonyl (C=O) groups is 2. The third-order valence-electron chi connectivity index (χ3n) is 1.43. The Balaban J connectivity index is 4.36. The SMILES string of the molecule is CCOC(=O)C(NCC#N)C(=O)OCC. The first-order valence-electron chi connectivity index (χ1n) is 4.60. The average Bonchev–Trinajstić information content (AvgIpc) is 2.19. The lowest BCUT2D eigenvalue weighted by atomic mass is 10.3. The van der Waals surface area contributed by atoms with Crippen molar-refractivity contribution in [3.05, 3.63) is 0 Å². The van der Waals surface area contributed by atoms with Crippen LogP contribution in [-0.2, 0) is 19.1 Å². The van der Waals surface area contributed by atoms with Gasteiger partial charge in [-0.2, -0.15) is 5.26 Å². The normalized spacial score (nSPS) is 9.47. The lowest BCUT2D eigenvalue weighted by molar-refractivity contribution is -0.157. The molecule has 15 heavy (non-hydrogen) atoms. The molecule has 0 aliphatic carbocycles. The van der Waals surface area contributed by atoms with Crippen LogP contribution in [0.5, 0.6) is 0 Å². The summed E-state index contributed by atoms with van der Waals surface area (Å²) in [7, 11) is 0. The molecule has 0 fully saturated rings. The van der Waals surface area contributed by atoms with Crippen molar-refractivity contribution in [3.8, 4) is 6.07 Å². The molecule has 0 rings (SSSR count). The molecule has 0 aromatic carbocycles. The molecule has 0 saturated heterocycles. The van der Waals surface area contributed by atoms with Crippen molar-refractivity contribution in [3.63, 3.8) is 0 Å². The molecule has 1 N–H and O–H groups in total. The van der Waals surface area contributed by atoms with Gasteiger partial charge in [0.2, 0.25) is 6.04 Å². The van der Waals surface area contributed by atoms with E-state index in [1.165, 1.54) is 0 Å². The van der Waals surface area contributed by atoms with Crippen molar-refractivity contribution in [2.45, 2.75) is 19.9 Å². The number of nitrogens with one attached hydrogen (secondary N) is 1. The highest BCUT2D eigenvalue weighted by atomic mass is 16.6. The Kier molecular flexibility index (Phi) is 6.93. The largest absolute Gasteiger partial charge is 0.464 e. The number of rotatable bonds is 6. The molecule has 0 saturated carbocycles. The molecule has 0 heterocycles. The minimum absolute atomic E-state index is 0.123. The summed E-state index contributed by atoms with van der Waals surface area (Å²) in [6.45, 7) is 3.48. The Morgan fingerprint density at radius 2 is 1.73 bits per heavy atom. The van der Waals surface area contributed by atoms with Gasteiger partial charge in [-0.25, -0.2) is 9.59 Å². The lowest BCUT2D eigenvalue weighted by Gasteiger charge is -2.13. The van der Waals surface area contributed by atoms with Crippen molar-refractivity contribution in [2.75, 3.05) is 19.8 Å². The maximum absolute atomic E-state index is 11.3. The molecule has 0 atom stereocenters. The first-order valence-corrected chi connectivity index (χ1v) is 4.60. The van der Waals surface area contributed by atoms with Crippen LogP contribution >= 0.6 is 0 Å². The van der Waals surface area contributed by atoms with Gasteiger partial charge in [0.05, 0.1) is 25.8 Å². The first-order chi connectivity index (χ1) is 7.17. The van der Waals surface area contributed by atoms with Gasteiger partial charge in [-0.15, -0.1) is 0 Å². The van der Waals surface area contributed by atoms with Gasteiger partial charge in [-0.05, 0) is 13.8 Å². The van der Waals surface area contributed by atoms with Crippen molar-refractivity contribution in [2.24, 2.45) is 0 Å². The van der Waals surface area contributed by atoms with Gasteiger partial charge in [0.1, 0.15) is 0 Å². The van der Waals surface area contributed by atoms with Gasteiger partial charge in [0.25, 0.3) is 0 Å². The predicted molar refractivity (Wildman–Crippen MR) is 50.7 cm³/mol. The molecule has 0 aromatic heterocycles. The molecule has 6 heteroatoms. The number of carbonyl (C=O) groups excluding carboxylic acids is 2. The molecular weight excluding hydrogens is 200 g/mol. The van der Waals surface area contributed by atoms with Gasteiger partial charge >= 0.3 is 11.9 Å². The van der Waals surface area contributed by atoms with E-state index in [4.69, 9.17) is 5.26 Å². The van der Waals surface area contributed by atoms with E-state index in [1.54, 1.807) is 19.9 Å². The van der Waals surface area contributed by atoms with Crippen LogP contribution < -0.4 is 5.32 Å². The van der Waals surface area contributed by atoms with E-state index in [1.807, 2.05) is 0 Å². The number of hydrogen-bond acceptors (Lipinski definition) is 6. The smallest absolute Gasteiger partial charge is 0.334 e. The fraction of sp³-hybridized carbons (Fsp3) is 0.667. The van der Waals surface area contributed by atoms with Gasteiger partial charge < -0.3 is 9.47 Å². The summed E-state index contributed by atoms with van der Waals surface area (Å²) < 4.78 is 9.31. The van der Waals surface area contributed by atoms with Gasteiger partial charge in [0.15, 0.2) is 0 Å². The molecule has 0 unspecified atom stereocenters. The van der Waals surface area contributed by atoms with E-state index in [0.717, 1.165) is 0 Å². The number of hydrogen-bond donors (Lipinski definition) is 1. The minimum Gasteiger partial charge on any atom is -0.464 e. The molecule has 0 aromatic rings. The molecule has 0 spiro atoms. The van der Waals surface area contributed by atoms with Gasteiger partial charge in [-0.3, -0.25) is 5.32 Å². The quantitative estimate of drug-likeness (QED) is 0.367. The summed E-state index contributed by atoms with van der Waals surface area (Å²) >= 11 is 0. The molecule has 0 aliphatic rings. The topological polar surface area (TPSA) is 88.4 Å². The van der Waals surface area contributed by atoms with Crippen LogP contribution in [0.3, 0.4) is 0 Å². The fourth-order valence-electron chi connectivity index (χ4n) is 0.862. The van der Waals surface area contributed by atoms with E-state index < -0.39 is 18.0 Å². The summed E-state index contributed by atoms with van der Waals surface area (Å²) in [5.41, 5.74) is 0. The molecule has 0 amide bonds. The predicted octanol–water partition coefficient (Wildman–Crippen LogP) is -0.406. The van der Waals surface area contributed by atoms with Gasteiger partial charge in [0, 0.05) is 0 Å². The van der Waals surface area contributed by atoms with Crippen molar-refractivity contribution < 1.29 is 19.1 Å². The molecule has 0 bridgehead atoms. The Morgan fingerprint density at radius 3 is 2.07 bits per heavy atom. The molecule has 6 nitrogen and oxygen atoms in total. The third kappa shape index (κ3) is 4.98. The second-order valence-electron chi connectivity index (χ2n) is 2.48. The summed E-state index contributed by atoms with van der Waals surface area (Å²) in [5.74, 6) is -1.46. The highest BCUT2D eigenvalue weighted by molar-refractivity contribution is 5.99. The Hall–Kier alpha value is -1.61. The lowest BCUT2D eigenvalue weighted by Crippen LogP contribution is -2.45. The van der Waals surface area contributed by atoms with Crippen LogP contribution in [0.1, 0.15) is 13.8 Å². The molecule has 0 radical (unpaired) electrons. The molecular formula is C9H14N2O4. The fourth-order valence-corrected chi connectivity index (χ4v) is 0.862. The molecule has 0 aliphatic heterocycles. The van der Waals surface area contributed by atoms with Crippen LogP contribution in [0.2, 0.25) is 0 Å². The zero-order chi connectivity index (χ0) is 11.7. The van der Waals surface area contributed by atoms with Crippen molar-refractivity contribution in [1.29, 1.82) is 5.26 Å². The Bertz CT molecular complexity index is 241. The second kappa shape index (κ2) is 7.76. The number of nitrogens with zero attached hydrogens (tertiary/aromatic N) is 1. The van der Waals surface area contributed by atoms with E-state index >= 15 is 0 Å². The molecule has 84 valence electrons. The van der Waals surface area contributed by atoms with Crippen LogP contribution in [0.15, 0.2) is 0 Å². The highest BCUT2D eigenvalue weighted by Crippen LogP contribution is 1.93. The summed E-state index contributed by atoms with van der Waals surface area (Å²) in [6.07, 6.45) is 0. The maximum atomic E-state index is 11.3. The van der Waals surface area contributed by atoms with Crippen LogP contribution in [0, 0.1) is 11.3 Å². The minimum atomic E-state index is -1.22. The van der Waals surface area contributed by atoms with E-state index in [-0.39, 0.29) is 19.8 Å². The van der Waals surface area contributed by atoms with Crippen LogP contribution in [0.25, 0.3) is 0 Å². The van der Waals surface area contributed by atoms with Crippen LogP contribution in [0.4, 0.5) is 0 Å². The van der Waals surface area contributed by atoms with Crippen LogP contribution in [-0.4, -0.2) is 37.7 Å². The van der Waals surface area contributed by atoms with Gasteiger partial charge in [-0.1, -0.05) is 0 Å². The van der Waals surface area contributed by atoms with Crippen molar-refractivity contribution >= 4 is 11.9 Å². The number of ether oxygens (including phenoxy) is 2. The Morgan fingerprint density at radius 1 is 1.27 bits per heavy atom. The second-order valence-corrected chi connectivity index (χ2v) is 2.48. The zero-order valence-electron chi connectivity index (χ0n) is 8.78. The van der Waals surface area contributed by atoms with E-state index in [9.17, 15) is 9.59 Å². The zero-order valence-corrected chi connectivity index (χ0v) is 8.78. The standard InChI is InChI=1S/C9H14N2O4/c1-3-14-8(12)7(11-6-5-10)9(13)15-4-2/h7,11H,3-4,6H2,1-2H3. The first kappa shape index (κ1) is 13.4.